The van der Waals surface area contributed by atoms with Crippen LogP contribution in [0, 0.1) is 11.6 Å². The van der Waals surface area contributed by atoms with Crippen LogP contribution in [0.1, 0.15) is 10.5 Å². The molecule has 17 heavy (non-hydrogen) atoms. The van der Waals surface area contributed by atoms with Crippen molar-refractivity contribution in [2.24, 2.45) is 0 Å². The molecule has 1 aromatic carbocycles. The fraction of sp³-hybridized carbons (Fsp3) is 0.0909. The standard InChI is InChI=1S/C11H7F2NO3/c1-17-11(16)9-4-10(15)5-2-6(12)7(13)3-8(5)14-9/h2-4H,1H3,(H,14,15). The van der Waals surface area contributed by atoms with E-state index < -0.39 is 17.6 Å². The Morgan fingerprint density at radius 3 is 2.59 bits per heavy atom. The zero-order valence-electron chi connectivity index (χ0n) is 8.70. The zero-order valence-corrected chi connectivity index (χ0v) is 8.70. The summed E-state index contributed by atoms with van der Waals surface area (Å²) in [5.74, 6) is -3.34. The second-order valence-corrected chi connectivity index (χ2v) is 3.30. The van der Waals surface area contributed by atoms with Gasteiger partial charge in [0.05, 0.1) is 12.6 Å². The Morgan fingerprint density at radius 1 is 1.29 bits per heavy atom. The molecule has 0 amide bonds. The van der Waals surface area contributed by atoms with Gasteiger partial charge in [-0.05, 0) is 6.07 Å². The number of rotatable bonds is 1. The number of carbonyl (C=O) groups excluding carboxylic acids is 1. The van der Waals surface area contributed by atoms with Gasteiger partial charge < -0.3 is 9.84 Å². The summed E-state index contributed by atoms with van der Waals surface area (Å²) in [5, 5.41) is 9.60. The molecule has 2 rings (SSSR count). The van der Waals surface area contributed by atoms with Crippen LogP contribution in [0.2, 0.25) is 0 Å². The van der Waals surface area contributed by atoms with Gasteiger partial charge in [0.25, 0.3) is 0 Å². The predicted octanol–water partition coefficient (Wildman–Crippen LogP) is 2.01. The normalized spacial score (nSPS) is 10.5. The third-order valence-corrected chi connectivity index (χ3v) is 2.22. The Kier molecular flexibility index (Phi) is 2.63. The van der Waals surface area contributed by atoms with Crippen molar-refractivity contribution in [1.82, 2.24) is 4.98 Å². The van der Waals surface area contributed by atoms with Crippen LogP contribution >= 0.6 is 0 Å². The number of benzene rings is 1. The molecule has 0 atom stereocenters. The molecule has 0 saturated carbocycles. The lowest BCUT2D eigenvalue weighted by molar-refractivity contribution is 0.0594. The Bertz CT molecular complexity index is 613. The minimum atomic E-state index is -1.11. The van der Waals surface area contributed by atoms with Gasteiger partial charge in [0.1, 0.15) is 5.75 Å². The molecule has 2 aromatic rings. The van der Waals surface area contributed by atoms with Crippen molar-refractivity contribution in [2.75, 3.05) is 7.11 Å². The van der Waals surface area contributed by atoms with Crippen molar-refractivity contribution in [2.45, 2.75) is 0 Å². The van der Waals surface area contributed by atoms with Crippen LogP contribution in [0.25, 0.3) is 10.9 Å². The van der Waals surface area contributed by atoms with Crippen LogP contribution in [0.4, 0.5) is 8.78 Å². The average molecular weight is 239 g/mol. The van der Waals surface area contributed by atoms with E-state index in [1.54, 1.807) is 0 Å². The summed E-state index contributed by atoms with van der Waals surface area (Å²) in [4.78, 5) is 15.0. The van der Waals surface area contributed by atoms with Crippen LogP contribution in [0.15, 0.2) is 18.2 Å². The van der Waals surface area contributed by atoms with Crippen LogP contribution in [0.5, 0.6) is 5.75 Å². The van der Waals surface area contributed by atoms with E-state index in [0.717, 1.165) is 25.3 Å². The minimum absolute atomic E-state index is 0.0238. The van der Waals surface area contributed by atoms with Crippen molar-refractivity contribution >= 4 is 16.9 Å². The quantitative estimate of drug-likeness (QED) is 0.773. The molecule has 1 heterocycles. The molecule has 0 saturated heterocycles. The third kappa shape index (κ3) is 1.89. The summed E-state index contributed by atoms with van der Waals surface area (Å²) >= 11 is 0. The predicted molar refractivity (Wildman–Crippen MR) is 54.7 cm³/mol. The lowest BCUT2D eigenvalue weighted by Crippen LogP contribution is -2.04. The lowest BCUT2D eigenvalue weighted by atomic mass is 10.1. The maximum Gasteiger partial charge on any atom is 0.356 e. The Labute approximate surface area is 94.5 Å². The highest BCUT2D eigenvalue weighted by molar-refractivity contribution is 5.93. The molecule has 0 aliphatic rings. The van der Waals surface area contributed by atoms with Gasteiger partial charge in [-0.1, -0.05) is 0 Å². The number of hydrogen-bond donors (Lipinski definition) is 1. The number of hydrogen-bond acceptors (Lipinski definition) is 4. The fourth-order valence-electron chi connectivity index (χ4n) is 1.41. The molecule has 1 aromatic heterocycles. The number of aromatic hydroxyl groups is 1. The van der Waals surface area contributed by atoms with Crippen molar-refractivity contribution < 1.29 is 23.4 Å². The first-order chi connectivity index (χ1) is 8.02. The molecule has 1 N–H and O–H groups in total. The van der Waals surface area contributed by atoms with Gasteiger partial charge in [0.2, 0.25) is 0 Å². The molecular formula is C11H7F2NO3. The summed E-state index contributed by atoms with van der Waals surface area (Å²) in [6, 6.07) is 2.65. The molecule has 6 heteroatoms. The van der Waals surface area contributed by atoms with Crippen LogP contribution < -0.4 is 0 Å². The van der Waals surface area contributed by atoms with Gasteiger partial charge in [-0.25, -0.2) is 18.6 Å². The van der Waals surface area contributed by atoms with Crippen LogP contribution in [0.3, 0.4) is 0 Å². The molecule has 0 aliphatic heterocycles. The SMILES string of the molecule is COC(=O)c1cc(O)c2cc(F)c(F)cc2n1. The fourth-order valence-corrected chi connectivity index (χ4v) is 1.41. The number of esters is 1. The van der Waals surface area contributed by atoms with Crippen LogP contribution in [-0.2, 0) is 4.74 Å². The molecule has 4 nitrogen and oxygen atoms in total. The van der Waals surface area contributed by atoms with Gasteiger partial charge >= 0.3 is 5.97 Å². The number of methoxy groups -OCH3 is 1. The Balaban J connectivity index is 2.73. The number of nitrogens with zero attached hydrogens (tertiary/aromatic N) is 1. The minimum Gasteiger partial charge on any atom is -0.507 e. The number of ether oxygens (including phenoxy) is 1. The number of pyridine rings is 1. The molecular weight excluding hydrogens is 232 g/mol. The second-order valence-electron chi connectivity index (χ2n) is 3.30. The molecule has 0 bridgehead atoms. The van der Waals surface area contributed by atoms with E-state index in [0.29, 0.717) is 0 Å². The highest BCUT2D eigenvalue weighted by Gasteiger charge is 2.14. The second kappa shape index (κ2) is 3.97. The number of fused-ring (bicyclic) bond motifs is 1. The monoisotopic (exact) mass is 239 g/mol. The van der Waals surface area contributed by atoms with Gasteiger partial charge in [-0.2, -0.15) is 0 Å². The van der Waals surface area contributed by atoms with Crippen molar-refractivity contribution in [3.8, 4) is 5.75 Å². The van der Waals surface area contributed by atoms with Gasteiger partial charge in [-0.15, -0.1) is 0 Å². The van der Waals surface area contributed by atoms with Gasteiger partial charge in [0, 0.05) is 17.5 Å². The van der Waals surface area contributed by atoms with E-state index in [2.05, 4.69) is 9.72 Å². The number of carbonyl (C=O) groups is 1. The maximum absolute atomic E-state index is 13.0. The maximum atomic E-state index is 13.0. The average Bonchev–Trinajstić information content (AvgIpc) is 2.30. The van der Waals surface area contributed by atoms with Gasteiger partial charge in [-0.3, -0.25) is 0 Å². The first-order valence-corrected chi connectivity index (χ1v) is 4.60. The summed E-state index contributed by atoms with van der Waals surface area (Å²) < 4.78 is 30.3. The molecule has 0 radical (unpaired) electrons. The molecule has 88 valence electrons. The van der Waals surface area contributed by atoms with Crippen LogP contribution in [-0.4, -0.2) is 23.2 Å². The lowest BCUT2D eigenvalue weighted by Gasteiger charge is -2.04. The molecule has 0 fully saturated rings. The summed E-state index contributed by atoms with van der Waals surface area (Å²) in [7, 11) is 1.15. The Morgan fingerprint density at radius 2 is 1.94 bits per heavy atom. The highest BCUT2D eigenvalue weighted by atomic mass is 19.2. The van der Waals surface area contributed by atoms with E-state index in [4.69, 9.17) is 0 Å². The topological polar surface area (TPSA) is 59.4 Å². The van der Waals surface area contributed by atoms with Crippen molar-refractivity contribution in [1.29, 1.82) is 0 Å². The van der Waals surface area contributed by atoms with Crippen molar-refractivity contribution in [3.05, 3.63) is 35.5 Å². The van der Waals surface area contributed by atoms with E-state index in [1.165, 1.54) is 0 Å². The van der Waals surface area contributed by atoms with E-state index in [-0.39, 0.29) is 22.3 Å². The first kappa shape index (κ1) is 11.3. The summed E-state index contributed by atoms with van der Waals surface area (Å²) in [6.45, 7) is 0. The molecule has 0 aliphatic carbocycles. The summed E-state index contributed by atoms with van der Waals surface area (Å²) in [6.07, 6.45) is 0. The smallest absolute Gasteiger partial charge is 0.356 e. The van der Waals surface area contributed by atoms with Crippen molar-refractivity contribution in [3.63, 3.8) is 0 Å². The highest BCUT2D eigenvalue weighted by Crippen LogP contribution is 2.26. The molecule has 0 unspecified atom stereocenters. The third-order valence-electron chi connectivity index (χ3n) is 2.22. The number of aromatic nitrogens is 1. The van der Waals surface area contributed by atoms with Gasteiger partial charge in [0.15, 0.2) is 17.3 Å². The van der Waals surface area contributed by atoms with E-state index in [1.807, 2.05) is 0 Å². The zero-order chi connectivity index (χ0) is 12.6. The first-order valence-electron chi connectivity index (χ1n) is 4.60. The van der Waals surface area contributed by atoms with E-state index >= 15 is 0 Å². The Hall–Kier alpha value is -2.24. The number of halogens is 2. The van der Waals surface area contributed by atoms with E-state index in [9.17, 15) is 18.7 Å². The summed E-state index contributed by atoms with van der Waals surface area (Å²) in [5.41, 5.74) is -0.201. The largest absolute Gasteiger partial charge is 0.507 e. The molecule has 0 spiro atoms.